The number of carbonyl (C=O) groups excluding carboxylic acids is 2. The van der Waals surface area contributed by atoms with Crippen LogP contribution in [0.2, 0.25) is 0 Å². The molecule has 0 radical (unpaired) electrons. The highest BCUT2D eigenvalue weighted by atomic mass is 19.4. The van der Waals surface area contributed by atoms with Crippen molar-refractivity contribution in [2.45, 2.75) is 37.6 Å². The molecule has 0 saturated carbocycles. The van der Waals surface area contributed by atoms with E-state index in [-0.39, 0.29) is 31.5 Å². The summed E-state index contributed by atoms with van der Waals surface area (Å²) in [7, 11) is 0. The number of carbonyl (C=O) groups is 2. The number of nitrogens with one attached hydrogen (secondary N) is 1. The maximum absolute atomic E-state index is 12.6. The fourth-order valence-corrected chi connectivity index (χ4v) is 2.94. The zero-order valence-corrected chi connectivity index (χ0v) is 14.0. The van der Waals surface area contributed by atoms with Gasteiger partial charge in [0.25, 0.3) is 5.91 Å². The van der Waals surface area contributed by atoms with E-state index in [2.05, 4.69) is 5.32 Å². The number of benzene rings is 1. The van der Waals surface area contributed by atoms with E-state index < -0.39 is 43.2 Å². The van der Waals surface area contributed by atoms with E-state index in [4.69, 9.17) is 5.11 Å². The van der Waals surface area contributed by atoms with E-state index >= 15 is 0 Å². The third kappa shape index (κ3) is 5.26. The number of ketones is 1. The van der Waals surface area contributed by atoms with Crippen molar-refractivity contribution in [1.82, 2.24) is 10.2 Å². The Bertz CT molecular complexity index is 634. The Morgan fingerprint density at radius 2 is 1.88 bits per heavy atom. The van der Waals surface area contributed by atoms with Gasteiger partial charge in [0, 0.05) is 18.5 Å². The van der Waals surface area contributed by atoms with Crippen LogP contribution in [0.3, 0.4) is 0 Å². The lowest BCUT2D eigenvalue weighted by Crippen LogP contribution is -2.48. The average Bonchev–Trinajstić information content (AvgIpc) is 2.98. The van der Waals surface area contributed by atoms with Gasteiger partial charge in [-0.3, -0.25) is 14.9 Å². The number of nitrogens with zero attached hydrogens (tertiary/aromatic N) is 1. The Labute approximate surface area is 148 Å². The summed E-state index contributed by atoms with van der Waals surface area (Å²) in [6.07, 6.45) is -6.08. The maximum atomic E-state index is 12.6. The number of aliphatic hydroxyl groups is 2. The predicted molar refractivity (Wildman–Crippen MR) is 86.4 cm³/mol. The fourth-order valence-electron chi connectivity index (χ4n) is 2.94. The minimum Gasteiger partial charge on any atom is -0.390 e. The molecule has 6 nitrogen and oxygen atoms in total. The van der Waals surface area contributed by atoms with Crippen LogP contribution in [-0.4, -0.2) is 64.9 Å². The third-order valence-electron chi connectivity index (χ3n) is 4.27. The number of amides is 1. The molecular formula is C17H21F3N2O4. The van der Waals surface area contributed by atoms with Crippen LogP contribution >= 0.6 is 0 Å². The molecule has 1 aromatic rings. The van der Waals surface area contributed by atoms with Crippen molar-refractivity contribution in [3.05, 3.63) is 35.4 Å². The minimum atomic E-state index is -4.24. The molecule has 1 aliphatic rings. The Morgan fingerprint density at radius 1 is 1.23 bits per heavy atom. The molecule has 1 saturated heterocycles. The summed E-state index contributed by atoms with van der Waals surface area (Å²) < 4.78 is 36.8. The summed E-state index contributed by atoms with van der Waals surface area (Å²) in [6.45, 7) is -0.383. The number of hydrogen-bond acceptors (Lipinski definition) is 5. The number of halogens is 3. The number of rotatable bonds is 7. The molecule has 0 aromatic heterocycles. The summed E-state index contributed by atoms with van der Waals surface area (Å²) in [6, 6.07) is 4.75. The molecule has 0 spiro atoms. The van der Waals surface area contributed by atoms with Crippen molar-refractivity contribution in [1.29, 1.82) is 0 Å². The minimum absolute atomic E-state index is 0.172. The van der Waals surface area contributed by atoms with Crippen LogP contribution in [0.25, 0.3) is 0 Å². The second kappa shape index (κ2) is 8.61. The van der Waals surface area contributed by atoms with Gasteiger partial charge in [-0.15, -0.1) is 0 Å². The molecule has 3 N–H and O–H groups in total. The molecule has 0 aliphatic carbocycles. The van der Waals surface area contributed by atoms with Gasteiger partial charge < -0.3 is 15.1 Å². The SMILES string of the molecule is O=C(CNCO)[C@H]1C(O)CCN1C(=O)c1ccc(CCC(F)(F)F)cc1. The summed E-state index contributed by atoms with van der Waals surface area (Å²) in [5.74, 6) is -0.884. The second-order valence-electron chi connectivity index (χ2n) is 6.16. The number of aryl methyl sites for hydroxylation is 1. The van der Waals surface area contributed by atoms with Crippen molar-refractivity contribution in [3.8, 4) is 0 Å². The van der Waals surface area contributed by atoms with Crippen molar-refractivity contribution in [2.75, 3.05) is 19.8 Å². The molecule has 9 heteroatoms. The highest BCUT2D eigenvalue weighted by molar-refractivity contribution is 5.99. The third-order valence-corrected chi connectivity index (χ3v) is 4.27. The Morgan fingerprint density at radius 3 is 2.46 bits per heavy atom. The summed E-state index contributed by atoms with van der Waals surface area (Å²) in [5, 5.41) is 21.2. The predicted octanol–water partition coefficient (Wildman–Crippen LogP) is 0.865. The molecule has 144 valence electrons. The lowest BCUT2D eigenvalue weighted by molar-refractivity contribution is -0.134. The van der Waals surface area contributed by atoms with Gasteiger partial charge in [-0.05, 0) is 30.5 Å². The second-order valence-corrected chi connectivity index (χ2v) is 6.16. The van der Waals surface area contributed by atoms with Crippen LogP contribution in [0.15, 0.2) is 24.3 Å². The molecule has 1 heterocycles. The van der Waals surface area contributed by atoms with Crippen LogP contribution in [0.1, 0.15) is 28.8 Å². The maximum Gasteiger partial charge on any atom is 0.389 e. The number of aliphatic hydroxyl groups excluding tert-OH is 2. The first kappa shape index (κ1) is 20.3. The lowest BCUT2D eigenvalue weighted by atomic mass is 10.0. The molecule has 1 aliphatic heterocycles. The van der Waals surface area contributed by atoms with Crippen molar-refractivity contribution in [2.24, 2.45) is 0 Å². The van der Waals surface area contributed by atoms with Gasteiger partial charge in [-0.25, -0.2) is 0 Å². The Balaban J connectivity index is 2.06. The van der Waals surface area contributed by atoms with E-state index in [1.54, 1.807) is 0 Å². The van der Waals surface area contributed by atoms with E-state index in [1.165, 1.54) is 29.2 Å². The van der Waals surface area contributed by atoms with Crippen molar-refractivity contribution in [3.63, 3.8) is 0 Å². The average molecular weight is 374 g/mol. The zero-order valence-electron chi connectivity index (χ0n) is 14.0. The molecule has 0 bridgehead atoms. The number of alkyl halides is 3. The van der Waals surface area contributed by atoms with Crippen LogP contribution in [0.4, 0.5) is 13.2 Å². The lowest BCUT2D eigenvalue weighted by Gasteiger charge is -2.25. The summed E-state index contributed by atoms with van der Waals surface area (Å²) >= 11 is 0. The number of Topliss-reactive ketones (excluding diaryl/α,β-unsaturated/α-hetero) is 1. The summed E-state index contributed by atoms with van der Waals surface area (Å²) in [5.41, 5.74) is 0.697. The van der Waals surface area contributed by atoms with Crippen molar-refractivity contribution >= 4 is 11.7 Å². The van der Waals surface area contributed by atoms with Gasteiger partial charge in [0.05, 0.1) is 19.4 Å². The first-order chi connectivity index (χ1) is 12.2. The molecule has 26 heavy (non-hydrogen) atoms. The molecule has 2 rings (SSSR count). The fraction of sp³-hybridized carbons (Fsp3) is 0.529. The Kier molecular flexibility index (Phi) is 6.74. The van der Waals surface area contributed by atoms with E-state index in [1.807, 2.05) is 0 Å². The molecule has 1 fully saturated rings. The quantitative estimate of drug-likeness (QED) is 0.616. The smallest absolute Gasteiger partial charge is 0.389 e. The van der Waals surface area contributed by atoms with E-state index in [9.17, 15) is 27.9 Å². The van der Waals surface area contributed by atoms with Gasteiger partial charge in [0.2, 0.25) is 0 Å². The van der Waals surface area contributed by atoms with Gasteiger partial charge in [0.1, 0.15) is 6.04 Å². The van der Waals surface area contributed by atoms with Crippen LogP contribution in [0, 0.1) is 0 Å². The zero-order chi connectivity index (χ0) is 19.3. The van der Waals surface area contributed by atoms with E-state index in [0.29, 0.717) is 5.56 Å². The molecular weight excluding hydrogens is 353 g/mol. The molecule has 1 amide bonds. The highest BCUT2D eigenvalue weighted by Gasteiger charge is 2.40. The van der Waals surface area contributed by atoms with Gasteiger partial charge in [-0.1, -0.05) is 12.1 Å². The van der Waals surface area contributed by atoms with Gasteiger partial charge in [-0.2, -0.15) is 13.2 Å². The largest absolute Gasteiger partial charge is 0.390 e. The monoisotopic (exact) mass is 374 g/mol. The number of hydrogen-bond donors (Lipinski definition) is 3. The summed E-state index contributed by atoms with van der Waals surface area (Å²) in [4.78, 5) is 26.0. The van der Waals surface area contributed by atoms with Gasteiger partial charge in [0.15, 0.2) is 5.78 Å². The van der Waals surface area contributed by atoms with Crippen LogP contribution in [0.5, 0.6) is 0 Å². The molecule has 2 atom stereocenters. The van der Waals surface area contributed by atoms with E-state index in [0.717, 1.165) is 0 Å². The Hall–Kier alpha value is -1.97. The molecule has 1 unspecified atom stereocenters. The van der Waals surface area contributed by atoms with Crippen LogP contribution in [-0.2, 0) is 11.2 Å². The standard InChI is InChI=1S/C17H21F3N2O4/c18-17(19,20)7-5-11-1-3-12(4-2-11)16(26)22-8-6-13(24)15(22)14(25)9-21-10-23/h1-4,13,15,21,23-24H,5-10H2/t13?,15-/m1/s1. The van der Waals surface area contributed by atoms with Crippen LogP contribution < -0.4 is 5.32 Å². The topological polar surface area (TPSA) is 89.9 Å². The molecule has 1 aromatic carbocycles. The first-order valence-electron chi connectivity index (χ1n) is 8.22. The van der Waals surface area contributed by atoms with Crippen molar-refractivity contribution < 1.29 is 33.0 Å². The highest BCUT2D eigenvalue weighted by Crippen LogP contribution is 2.24. The number of likely N-dealkylation sites (tertiary alicyclic amines) is 1. The van der Waals surface area contributed by atoms with Gasteiger partial charge >= 0.3 is 6.18 Å². The normalized spacial score (nSPS) is 20.4. The first-order valence-corrected chi connectivity index (χ1v) is 8.22.